The molecule has 0 saturated heterocycles. The van der Waals surface area contributed by atoms with Crippen molar-refractivity contribution in [3.8, 4) is 0 Å². The van der Waals surface area contributed by atoms with Crippen molar-refractivity contribution in [3.05, 3.63) is 0 Å². The van der Waals surface area contributed by atoms with Gasteiger partial charge in [0, 0.05) is 6.04 Å². The second-order valence-electron chi connectivity index (χ2n) is 4.22. The van der Waals surface area contributed by atoms with Gasteiger partial charge in [0.2, 0.25) is 0 Å². The van der Waals surface area contributed by atoms with Gasteiger partial charge in [0.15, 0.2) is 0 Å². The van der Waals surface area contributed by atoms with E-state index in [0.717, 1.165) is 25.7 Å². The third-order valence-electron chi connectivity index (χ3n) is 3.28. The molecule has 1 aliphatic carbocycles. The van der Waals surface area contributed by atoms with E-state index < -0.39 is 0 Å². The van der Waals surface area contributed by atoms with Gasteiger partial charge >= 0.3 is 0 Å². The predicted octanol–water partition coefficient (Wildman–Crippen LogP) is 0.546. The number of aliphatic hydroxyl groups is 1. The molecule has 0 radical (unpaired) electrons. The van der Waals surface area contributed by atoms with Gasteiger partial charge in [0.05, 0.1) is 12.1 Å². The van der Waals surface area contributed by atoms with E-state index in [2.05, 4.69) is 0 Å². The zero-order valence-corrected chi connectivity index (χ0v) is 9.03. The van der Waals surface area contributed by atoms with Gasteiger partial charge in [-0.25, -0.2) is 0 Å². The van der Waals surface area contributed by atoms with E-state index in [1.165, 1.54) is 0 Å². The summed E-state index contributed by atoms with van der Waals surface area (Å²) in [6.45, 7) is 1.91. The molecule has 0 spiro atoms. The predicted molar refractivity (Wildman–Crippen MR) is 57.4 cm³/mol. The van der Waals surface area contributed by atoms with Gasteiger partial charge in [-0.1, -0.05) is 12.8 Å². The molecule has 82 valence electrons. The lowest BCUT2D eigenvalue weighted by Crippen LogP contribution is -2.51. The minimum Gasteiger partial charge on any atom is -0.391 e. The zero-order valence-electron chi connectivity index (χ0n) is 9.03. The van der Waals surface area contributed by atoms with Crippen LogP contribution in [0.25, 0.3) is 0 Å². The van der Waals surface area contributed by atoms with Crippen LogP contribution in [0.4, 0.5) is 0 Å². The van der Waals surface area contributed by atoms with Gasteiger partial charge < -0.3 is 10.8 Å². The molecule has 0 amide bonds. The van der Waals surface area contributed by atoms with Gasteiger partial charge in [0.25, 0.3) is 0 Å². The molecule has 0 aromatic carbocycles. The summed E-state index contributed by atoms with van der Waals surface area (Å²) < 4.78 is 0. The second-order valence-corrected chi connectivity index (χ2v) is 4.22. The molecule has 14 heavy (non-hydrogen) atoms. The maximum absolute atomic E-state index is 9.82. The highest BCUT2D eigenvalue weighted by atomic mass is 16.3. The van der Waals surface area contributed by atoms with Gasteiger partial charge in [-0.3, -0.25) is 10.3 Å². The molecule has 4 N–H and O–H groups in total. The van der Waals surface area contributed by atoms with Crippen LogP contribution in [0.3, 0.4) is 0 Å². The Morgan fingerprint density at radius 3 is 2.57 bits per heavy atom. The Labute approximate surface area is 85.6 Å². The number of aliphatic hydroxyl groups excluding tert-OH is 1. The summed E-state index contributed by atoms with van der Waals surface area (Å²) in [6.07, 6.45) is 3.90. The van der Waals surface area contributed by atoms with Crippen molar-refractivity contribution >= 4 is 5.84 Å². The number of rotatable bonds is 3. The Morgan fingerprint density at radius 2 is 2.07 bits per heavy atom. The smallest absolute Gasteiger partial charge is 0.108 e. The molecule has 1 fully saturated rings. The van der Waals surface area contributed by atoms with E-state index in [9.17, 15) is 5.11 Å². The first-order chi connectivity index (χ1) is 6.54. The van der Waals surface area contributed by atoms with Crippen molar-refractivity contribution in [1.82, 2.24) is 4.90 Å². The first-order valence-electron chi connectivity index (χ1n) is 5.28. The van der Waals surface area contributed by atoms with Crippen molar-refractivity contribution < 1.29 is 5.11 Å². The number of hydrogen-bond acceptors (Lipinski definition) is 3. The number of nitrogens with two attached hydrogens (primary N) is 1. The zero-order chi connectivity index (χ0) is 10.7. The van der Waals surface area contributed by atoms with Crippen LogP contribution in [0.1, 0.15) is 32.6 Å². The average molecular weight is 199 g/mol. The molecule has 1 aliphatic rings. The molecular weight excluding hydrogens is 178 g/mol. The van der Waals surface area contributed by atoms with E-state index in [1.54, 1.807) is 0 Å². The molecule has 4 heteroatoms. The van der Waals surface area contributed by atoms with Crippen molar-refractivity contribution in [2.24, 2.45) is 5.73 Å². The fourth-order valence-electron chi connectivity index (χ4n) is 2.07. The highest BCUT2D eigenvalue weighted by molar-refractivity contribution is 5.82. The lowest BCUT2D eigenvalue weighted by atomic mass is 9.91. The van der Waals surface area contributed by atoms with Crippen molar-refractivity contribution in [2.45, 2.75) is 50.8 Å². The molecule has 0 aromatic heterocycles. The normalized spacial score (nSPS) is 30.3. The van der Waals surface area contributed by atoms with Gasteiger partial charge in [-0.15, -0.1) is 0 Å². The highest BCUT2D eigenvalue weighted by Gasteiger charge is 2.29. The first-order valence-corrected chi connectivity index (χ1v) is 5.28. The molecule has 3 atom stereocenters. The molecule has 0 aromatic rings. The van der Waals surface area contributed by atoms with Crippen molar-refractivity contribution in [3.63, 3.8) is 0 Å². The van der Waals surface area contributed by atoms with Crippen LogP contribution in [0.15, 0.2) is 0 Å². The minimum atomic E-state index is -0.254. The lowest BCUT2D eigenvalue weighted by molar-refractivity contribution is 0.0263. The fraction of sp³-hybridized carbons (Fsp3) is 0.900. The van der Waals surface area contributed by atoms with E-state index >= 15 is 0 Å². The van der Waals surface area contributed by atoms with E-state index in [0.29, 0.717) is 0 Å². The molecular formula is C10H21N3O. The molecule has 0 aliphatic heterocycles. The standard InChI is InChI=1S/C10H21N3O/c1-7(10(11)12)13(2)8-5-3-4-6-9(8)14/h7-9,14H,3-6H2,1-2H3,(H3,11,12). The molecule has 1 saturated carbocycles. The fourth-order valence-corrected chi connectivity index (χ4v) is 2.07. The third-order valence-corrected chi connectivity index (χ3v) is 3.28. The Morgan fingerprint density at radius 1 is 1.50 bits per heavy atom. The first kappa shape index (κ1) is 11.5. The number of amidine groups is 1. The van der Waals surface area contributed by atoms with Gasteiger partial charge in [0.1, 0.15) is 5.84 Å². The number of nitrogens with zero attached hydrogens (tertiary/aromatic N) is 1. The summed E-state index contributed by atoms with van der Waals surface area (Å²) in [4.78, 5) is 2.02. The van der Waals surface area contributed by atoms with Crippen molar-refractivity contribution in [2.75, 3.05) is 7.05 Å². The number of likely N-dealkylation sites (N-methyl/N-ethyl adjacent to an activating group) is 1. The van der Waals surface area contributed by atoms with Gasteiger partial charge in [-0.2, -0.15) is 0 Å². The Hall–Kier alpha value is -0.610. The minimum absolute atomic E-state index is 0.0762. The lowest BCUT2D eigenvalue weighted by Gasteiger charge is -2.38. The van der Waals surface area contributed by atoms with Crippen LogP contribution in [-0.4, -0.2) is 41.1 Å². The summed E-state index contributed by atoms with van der Waals surface area (Å²) in [5.41, 5.74) is 5.45. The van der Waals surface area contributed by atoms with Crippen LogP contribution in [0.2, 0.25) is 0 Å². The largest absolute Gasteiger partial charge is 0.391 e. The number of nitrogens with one attached hydrogen (secondary N) is 1. The van der Waals surface area contributed by atoms with E-state index in [-0.39, 0.29) is 24.0 Å². The summed E-state index contributed by atoms with van der Waals surface area (Å²) in [5.74, 6) is 0.172. The Bertz CT molecular complexity index is 208. The maximum Gasteiger partial charge on any atom is 0.108 e. The van der Waals surface area contributed by atoms with Gasteiger partial charge in [-0.05, 0) is 26.8 Å². The van der Waals surface area contributed by atoms with E-state index in [1.807, 2.05) is 18.9 Å². The van der Waals surface area contributed by atoms with E-state index in [4.69, 9.17) is 11.1 Å². The average Bonchev–Trinajstić information content (AvgIpc) is 2.16. The Balaban J connectivity index is 2.57. The highest BCUT2D eigenvalue weighted by Crippen LogP contribution is 2.23. The summed E-state index contributed by atoms with van der Waals surface area (Å²) in [5, 5.41) is 17.2. The molecule has 1 rings (SSSR count). The topological polar surface area (TPSA) is 73.3 Å². The van der Waals surface area contributed by atoms with Crippen LogP contribution >= 0.6 is 0 Å². The van der Waals surface area contributed by atoms with Crippen LogP contribution < -0.4 is 5.73 Å². The van der Waals surface area contributed by atoms with Crippen LogP contribution in [-0.2, 0) is 0 Å². The molecule has 3 unspecified atom stereocenters. The summed E-state index contributed by atoms with van der Waals surface area (Å²) in [6, 6.07) is 0.0930. The SMILES string of the molecule is CC(C(=N)N)N(C)C1CCCCC1O. The summed E-state index contributed by atoms with van der Waals surface area (Å²) in [7, 11) is 1.94. The quantitative estimate of drug-likeness (QED) is 0.459. The summed E-state index contributed by atoms with van der Waals surface area (Å²) >= 11 is 0. The Kier molecular flexibility index (Phi) is 3.89. The molecule has 0 heterocycles. The second kappa shape index (κ2) is 4.75. The van der Waals surface area contributed by atoms with Crippen molar-refractivity contribution in [1.29, 1.82) is 5.41 Å². The van der Waals surface area contributed by atoms with Crippen LogP contribution in [0.5, 0.6) is 0 Å². The molecule has 4 nitrogen and oxygen atoms in total. The third kappa shape index (κ3) is 2.45. The number of hydrogen-bond donors (Lipinski definition) is 3. The maximum atomic E-state index is 9.82. The monoisotopic (exact) mass is 199 g/mol. The molecule has 0 bridgehead atoms. The van der Waals surface area contributed by atoms with Crippen LogP contribution in [0, 0.1) is 5.41 Å².